The quantitative estimate of drug-likeness (QED) is 0.347. The molecule has 0 bridgehead atoms. The lowest BCUT2D eigenvalue weighted by atomic mass is 10.1. The number of hydrazine groups is 1. The van der Waals surface area contributed by atoms with Crippen molar-refractivity contribution in [3.05, 3.63) is 33.9 Å². The normalized spacial score (nSPS) is 17.8. The average molecular weight is 293 g/mol. The molecule has 0 aliphatic carbocycles. The van der Waals surface area contributed by atoms with E-state index in [9.17, 15) is 19.7 Å². The van der Waals surface area contributed by atoms with Crippen LogP contribution in [0.3, 0.4) is 0 Å². The number of piperidine rings is 1. The van der Waals surface area contributed by atoms with Crippen LogP contribution in [0.1, 0.15) is 23.2 Å². The van der Waals surface area contributed by atoms with Gasteiger partial charge in [-0.25, -0.2) is 0 Å². The second-order valence-corrected chi connectivity index (χ2v) is 4.64. The van der Waals surface area contributed by atoms with E-state index < -0.39 is 10.8 Å². The van der Waals surface area contributed by atoms with Crippen LogP contribution in [0.5, 0.6) is 0 Å². The summed E-state index contributed by atoms with van der Waals surface area (Å²) >= 11 is 0. The highest BCUT2D eigenvalue weighted by Gasteiger charge is 2.22. The molecule has 1 heterocycles. The summed E-state index contributed by atoms with van der Waals surface area (Å²) in [4.78, 5) is 33.5. The third-order valence-corrected chi connectivity index (χ3v) is 3.21. The Kier molecular flexibility index (Phi) is 4.33. The number of benzene rings is 1. The minimum absolute atomic E-state index is 0.0554. The summed E-state index contributed by atoms with van der Waals surface area (Å²) in [5, 5.41) is 16.1. The van der Waals surface area contributed by atoms with Crippen LogP contribution in [0, 0.1) is 10.1 Å². The van der Waals surface area contributed by atoms with E-state index in [1.807, 2.05) is 0 Å². The van der Waals surface area contributed by atoms with E-state index in [-0.39, 0.29) is 28.9 Å². The molecule has 2 rings (SSSR count). The Morgan fingerprint density at radius 3 is 2.81 bits per heavy atom. The number of nitrogen functional groups attached to an aromatic ring is 1. The van der Waals surface area contributed by atoms with E-state index in [0.717, 1.165) is 6.07 Å². The van der Waals surface area contributed by atoms with Gasteiger partial charge in [0.25, 0.3) is 11.6 Å². The number of nitro groups is 1. The number of rotatable bonds is 4. The number of carbonyl (C=O) groups excluding carboxylic acids is 2. The number of nitrogens with zero attached hydrogens (tertiary/aromatic N) is 1. The van der Waals surface area contributed by atoms with E-state index in [2.05, 4.69) is 16.1 Å². The molecule has 21 heavy (non-hydrogen) atoms. The molecule has 9 nitrogen and oxygen atoms in total. The molecule has 1 aliphatic heterocycles. The van der Waals surface area contributed by atoms with Crippen LogP contribution in [0.25, 0.3) is 0 Å². The van der Waals surface area contributed by atoms with Crippen LogP contribution in [0.2, 0.25) is 0 Å². The summed E-state index contributed by atoms with van der Waals surface area (Å²) in [6.45, 7) is 0.338. The largest absolute Gasteiger partial charge is 0.354 e. The molecule has 1 saturated heterocycles. The van der Waals surface area contributed by atoms with Crippen molar-refractivity contribution >= 4 is 23.2 Å². The highest BCUT2D eigenvalue weighted by atomic mass is 16.6. The van der Waals surface area contributed by atoms with Crippen molar-refractivity contribution in [1.82, 2.24) is 10.6 Å². The monoisotopic (exact) mass is 293 g/mol. The summed E-state index contributed by atoms with van der Waals surface area (Å²) in [7, 11) is 0. The zero-order valence-corrected chi connectivity index (χ0v) is 11.1. The second kappa shape index (κ2) is 6.18. The topological polar surface area (TPSA) is 139 Å². The van der Waals surface area contributed by atoms with Crippen LogP contribution in [0.15, 0.2) is 18.2 Å². The van der Waals surface area contributed by atoms with Gasteiger partial charge in [0.15, 0.2) is 0 Å². The molecule has 1 atom stereocenters. The number of nitrogens with two attached hydrogens (primary N) is 1. The van der Waals surface area contributed by atoms with Gasteiger partial charge in [-0.2, -0.15) is 0 Å². The summed E-state index contributed by atoms with van der Waals surface area (Å²) in [5.74, 6) is 4.77. The SMILES string of the molecule is NNc1ccc([N+](=O)[O-])cc1C(=O)NC1CCC(=O)NC1. The van der Waals surface area contributed by atoms with Gasteiger partial charge in [0, 0.05) is 31.1 Å². The van der Waals surface area contributed by atoms with Gasteiger partial charge in [-0.1, -0.05) is 0 Å². The molecule has 5 N–H and O–H groups in total. The molecular formula is C12H15N5O4. The zero-order valence-electron chi connectivity index (χ0n) is 11.1. The number of hydrogen-bond acceptors (Lipinski definition) is 6. The molecule has 1 aromatic rings. The van der Waals surface area contributed by atoms with E-state index in [1.54, 1.807) is 0 Å². The maximum Gasteiger partial charge on any atom is 0.270 e. The first-order chi connectivity index (χ1) is 10.0. The average Bonchev–Trinajstić information content (AvgIpc) is 2.48. The first-order valence-corrected chi connectivity index (χ1v) is 6.34. The van der Waals surface area contributed by atoms with Crippen molar-refractivity contribution in [3.8, 4) is 0 Å². The van der Waals surface area contributed by atoms with Gasteiger partial charge in [0.05, 0.1) is 16.2 Å². The zero-order chi connectivity index (χ0) is 15.4. The molecule has 2 amide bonds. The maximum atomic E-state index is 12.2. The van der Waals surface area contributed by atoms with Crippen molar-refractivity contribution in [1.29, 1.82) is 0 Å². The number of anilines is 1. The Morgan fingerprint density at radius 2 is 2.24 bits per heavy atom. The van der Waals surface area contributed by atoms with Crippen molar-refractivity contribution in [2.45, 2.75) is 18.9 Å². The molecule has 1 aromatic carbocycles. The first kappa shape index (κ1) is 14.7. The molecule has 1 aliphatic rings. The Hall–Kier alpha value is -2.68. The minimum Gasteiger partial charge on any atom is -0.354 e. The minimum atomic E-state index is -0.585. The predicted molar refractivity (Wildman–Crippen MR) is 74.4 cm³/mol. The van der Waals surface area contributed by atoms with Gasteiger partial charge in [-0.15, -0.1) is 0 Å². The fraction of sp³-hybridized carbons (Fsp3) is 0.333. The maximum absolute atomic E-state index is 12.2. The van der Waals surface area contributed by atoms with Crippen LogP contribution in [-0.4, -0.2) is 29.3 Å². The van der Waals surface area contributed by atoms with Crippen molar-refractivity contribution in [3.63, 3.8) is 0 Å². The molecule has 9 heteroatoms. The fourth-order valence-electron chi connectivity index (χ4n) is 2.08. The summed E-state index contributed by atoms with van der Waals surface area (Å²) < 4.78 is 0. The molecule has 0 saturated carbocycles. The Morgan fingerprint density at radius 1 is 1.48 bits per heavy atom. The Bertz CT molecular complexity index is 579. The highest BCUT2D eigenvalue weighted by molar-refractivity contribution is 6.00. The lowest BCUT2D eigenvalue weighted by Gasteiger charge is -2.23. The van der Waals surface area contributed by atoms with Gasteiger partial charge in [-0.3, -0.25) is 25.5 Å². The van der Waals surface area contributed by atoms with Gasteiger partial charge >= 0.3 is 0 Å². The van der Waals surface area contributed by atoms with Crippen LogP contribution in [-0.2, 0) is 4.79 Å². The molecule has 1 unspecified atom stereocenters. The van der Waals surface area contributed by atoms with Crippen molar-refractivity contribution in [2.75, 3.05) is 12.0 Å². The number of nitro benzene ring substituents is 1. The molecule has 0 spiro atoms. The number of nitrogens with one attached hydrogen (secondary N) is 3. The van der Waals surface area contributed by atoms with E-state index in [4.69, 9.17) is 5.84 Å². The van der Waals surface area contributed by atoms with E-state index in [0.29, 0.717) is 19.4 Å². The van der Waals surface area contributed by atoms with Crippen molar-refractivity contribution < 1.29 is 14.5 Å². The van der Waals surface area contributed by atoms with Gasteiger partial charge < -0.3 is 16.1 Å². The number of non-ortho nitro benzene ring substituents is 1. The first-order valence-electron chi connectivity index (χ1n) is 6.34. The van der Waals surface area contributed by atoms with Crippen LogP contribution >= 0.6 is 0 Å². The third kappa shape index (κ3) is 3.45. The second-order valence-electron chi connectivity index (χ2n) is 4.64. The number of carbonyl (C=O) groups is 2. The highest BCUT2D eigenvalue weighted by Crippen LogP contribution is 2.21. The Balaban J connectivity index is 2.15. The summed E-state index contributed by atoms with van der Waals surface area (Å²) in [6, 6.07) is 3.58. The predicted octanol–water partition coefficient (Wildman–Crippen LogP) is -0.111. The molecule has 0 aromatic heterocycles. The Labute approximate surface area is 120 Å². The molecule has 112 valence electrons. The number of amides is 2. The van der Waals surface area contributed by atoms with Gasteiger partial charge in [0.2, 0.25) is 5.91 Å². The van der Waals surface area contributed by atoms with Gasteiger partial charge in [-0.05, 0) is 12.5 Å². The molecule has 1 fully saturated rings. The summed E-state index contributed by atoms with van der Waals surface area (Å²) in [5.41, 5.74) is 2.51. The van der Waals surface area contributed by atoms with E-state index in [1.165, 1.54) is 12.1 Å². The van der Waals surface area contributed by atoms with Crippen molar-refractivity contribution in [2.24, 2.45) is 5.84 Å². The lowest BCUT2D eigenvalue weighted by molar-refractivity contribution is -0.384. The lowest BCUT2D eigenvalue weighted by Crippen LogP contribution is -2.47. The molecular weight excluding hydrogens is 278 g/mol. The molecule has 0 radical (unpaired) electrons. The number of hydrogen-bond donors (Lipinski definition) is 4. The van der Waals surface area contributed by atoms with E-state index >= 15 is 0 Å². The van der Waals surface area contributed by atoms with Gasteiger partial charge in [0.1, 0.15) is 0 Å². The standard InChI is InChI=1S/C12H15N5O4/c13-16-10-3-2-8(17(20)21)5-9(10)12(19)15-7-1-4-11(18)14-6-7/h2-3,5,7,16H,1,4,6,13H2,(H,14,18)(H,15,19). The van der Waals surface area contributed by atoms with Crippen LogP contribution in [0.4, 0.5) is 11.4 Å². The van der Waals surface area contributed by atoms with Crippen LogP contribution < -0.4 is 21.9 Å². The third-order valence-electron chi connectivity index (χ3n) is 3.21. The fourth-order valence-corrected chi connectivity index (χ4v) is 2.08. The smallest absolute Gasteiger partial charge is 0.270 e. The summed E-state index contributed by atoms with van der Waals surface area (Å²) in [6.07, 6.45) is 0.861.